The minimum atomic E-state index is 0.226. The fraction of sp³-hybridized carbons (Fsp3) is 0.318. The van der Waals surface area contributed by atoms with E-state index in [1.807, 2.05) is 43.3 Å². The lowest BCUT2D eigenvalue weighted by atomic mass is 10.1. The Kier molecular flexibility index (Phi) is 5.31. The van der Waals surface area contributed by atoms with Crippen molar-refractivity contribution < 1.29 is 9.84 Å². The molecular formula is C22H25N5O2. The molecule has 7 heteroatoms. The molecule has 1 aliphatic rings. The van der Waals surface area contributed by atoms with Gasteiger partial charge in [0.05, 0.1) is 12.3 Å². The second-order valence-electron chi connectivity index (χ2n) is 7.20. The molecule has 3 heterocycles. The fourth-order valence-corrected chi connectivity index (χ4v) is 3.58. The zero-order valence-electron chi connectivity index (χ0n) is 17.0. The summed E-state index contributed by atoms with van der Waals surface area (Å²) in [6, 6.07) is 11.3. The van der Waals surface area contributed by atoms with E-state index in [0.717, 1.165) is 47.0 Å². The molecule has 0 amide bonds. The number of hydrogen-bond acceptors (Lipinski definition) is 7. The number of phenolic OH excluding ortho intramolecular Hbond substituents is 1. The van der Waals surface area contributed by atoms with Crippen molar-refractivity contribution in [3.05, 3.63) is 53.9 Å². The predicted octanol–water partition coefficient (Wildman–Crippen LogP) is 3.33. The molecule has 1 aromatic carbocycles. The van der Waals surface area contributed by atoms with Gasteiger partial charge in [0.1, 0.15) is 11.6 Å². The van der Waals surface area contributed by atoms with Gasteiger partial charge in [-0.25, -0.2) is 4.98 Å². The van der Waals surface area contributed by atoms with Gasteiger partial charge in [0.2, 0.25) is 5.95 Å². The zero-order valence-corrected chi connectivity index (χ0v) is 17.0. The molecule has 3 aromatic rings. The smallest absolute Gasteiger partial charge is 0.227 e. The summed E-state index contributed by atoms with van der Waals surface area (Å²) in [7, 11) is 3.64. The third kappa shape index (κ3) is 3.86. The average molecular weight is 391 g/mol. The summed E-state index contributed by atoms with van der Waals surface area (Å²) in [6.07, 6.45) is 2.66. The Bertz CT molecular complexity index is 1020. The standard InChI is InChI=1S/C22H25N5O2/c1-15-13-17(7-9-23-15)27-10-8-19-20(16-5-4-6-18(28)14-16)24-22(25-21(19)27)26(2)11-12-29-3/h4-7,9,13-14,28H,8,10-12H2,1-3H3. The van der Waals surface area contributed by atoms with Crippen LogP contribution in [0.1, 0.15) is 11.3 Å². The number of likely N-dealkylation sites (N-methyl/N-ethyl adjacent to an activating group) is 1. The molecule has 1 N–H and O–H groups in total. The molecule has 0 saturated heterocycles. The largest absolute Gasteiger partial charge is 0.508 e. The molecular weight excluding hydrogens is 366 g/mol. The number of pyridine rings is 1. The quantitative estimate of drug-likeness (QED) is 0.691. The Labute approximate surface area is 170 Å². The lowest BCUT2D eigenvalue weighted by molar-refractivity contribution is 0.206. The van der Waals surface area contributed by atoms with E-state index in [-0.39, 0.29) is 5.75 Å². The summed E-state index contributed by atoms with van der Waals surface area (Å²) in [4.78, 5) is 18.3. The number of fused-ring (bicyclic) bond motifs is 1. The molecule has 0 aliphatic carbocycles. The number of methoxy groups -OCH3 is 1. The zero-order chi connectivity index (χ0) is 20.4. The summed E-state index contributed by atoms with van der Waals surface area (Å²) in [5.74, 6) is 1.77. The van der Waals surface area contributed by atoms with Gasteiger partial charge in [-0.3, -0.25) is 4.98 Å². The summed E-state index contributed by atoms with van der Waals surface area (Å²) in [5.41, 5.74) is 4.88. The third-order valence-electron chi connectivity index (χ3n) is 5.10. The van der Waals surface area contributed by atoms with E-state index in [4.69, 9.17) is 14.7 Å². The first-order chi connectivity index (χ1) is 14.1. The Morgan fingerprint density at radius 3 is 2.83 bits per heavy atom. The highest BCUT2D eigenvalue weighted by atomic mass is 16.5. The van der Waals surface area contributed by atoms with Crippen molar-refractivity contribution in [1.29, 1.82) is 0 Å². The van der Waals surface area contributed by atoms with Crippen LogP contribution in [0.2, 0.25) is 0 Å². The van der Waals surface area contributed by atoms with Crippen LogP contribution in [0, 0.1) is 6.92 Å². The number of aromatic hydroxyl groups is 1. The van der Waals surface area contributed by atoms with Gasteiger partial charge in [-0.15, -0.1) is 0 Å². The minimum Gasteiger partial charge on any atom is -0.508 e. The first-order valence-corrected chi connectivity index (χ1v) is 9.67. The van der Waals surface area contributed by atoms with Gasteiger partial charge in [-0.05, 0) is 37.6 Å². The van der Waals surface area contributed by atoms with Crippen molar-refractivity contribution in [2.45, 2.75) is 13.3 Å². The van der Waals surface area contributed by atoms with Gasteiger partial charge in [0, 0.05) is 56.0 Å². The first kappa shape index (κ1) is 19.1. The topological polar surface area (TPSA) is 74.6 Å². The molecule has 0 bridgehead atoms. The van der Waals surface area contributed by atoms with Gasteiger partial charge < -0.3 is 19.6 Å². The third-order valence-corrected chi connectivity index (χ3v) is 5.10. The summed E-state index contributed by atoms with van der Waals surface area (Å²) >= 11 is 0. The lowest BCUT2D eigenvalue weighted by Gasteiger charge is -2.23. The molecule has 1 aliphatic heterocycles. The number of benzene rings is 1. The van der Waals surface area contributed by atoms with Crippen molar-refractivity contribution in [2.75, 3.05) is 43.7 Å². The van der Waals surface area contributed by atoms with E-state index in [9.17, 15) is 5.11 Å². The molecule has 0 unspecified atom stereocenters. The average Bonchev–Trinajstić information content (AvgIpc) is 3.15. The Balaban J connectivity index is 1.84. The van der Waals surface area contributed by atoms with Crippen LogP contribution in [0.3, 0.4) is 0 Å². The maximum atomic E-state index is 9.99. The van der Waals surface area contributed by atoms with Crippen LogP contribution in [0.4, 0.5) is 17.5 Å². The van der Waals surface area contributed by atoms with Crippen LogP contribution in [-0.4, -0.2) is 53.9 Å². The Morgan fingerprint density at radius 2 is 2.07 bits per heavy atom. The number of anilines is 3. The molecule has 0 fully saturated rings. The van der Waals surface area contributed by atoms with Crippen LogP contribution in [0.5, 0.6) is 5.75 Å². The summed E-state index contributed by atoms with van der Waals surface area (Å²) in [5, 5.41) is 9.99. The van der Waals surface area contributed by atoms with Gasteiger partial charge in [0.25, 0.3) is 0 Å². The van der Waals surface area contributed by atoms with Crippen molar-refractivity contribution in [2.24, 2.45) is 0 Å². The van der Waals surface area contributed by atoms with Gasteiger partial charge in [-0.1, -0.05) is 12.1 Å². The summed E-state index contributed by atoms with van der Waals surface area (Å²) < 4.78 is 5.21. The van der Waals surface area contributed by atoms with Gasteiger partial charge in [0.15, 0.2) is 0 Å². The van der Waals surface area contributed by atoms with Crippen LogP contribution in [-0.2, 0) is 11.2 Å². The molecule has 2 aromatic heterocycles. The highest BCUT2D eigenvalue weighted by Crippen LogP contribution is 2.39. The maximum absolute atomic E-state index is 9.99. The predicted molar refractivity (Wildman–Crippen MR) is 114 cm³/mol. The van der Waals surface area contributed by atoms with Crippen molar-refractivity contribution >= 4 is 17.5 Å². The maximum Gasteiger partial charge on any atom is 0.227 e. The van der Waals surface area contributed by atoms with Crippen molar-refractivity contribution in [1.82, 2.24) is 15.0 Å². The van der Waals surface area contributed by atoms with E-state index >= 15 is 0 Å². The first-order valence-electron chi connectivity index (χ1n) is 9.67. The normalized spacial score (nSPS) is 12.9. The highest BCUT2D eigenvalue weighted by Gasteiger charge is 2.28. The number of nitrogens with zero attached hydrogens (tertiary/aromatic N) is 5. The molecule has 0 atom stereocenters. The van der Waals surface area contributed by atoms with Crippen LogP contribution in [0.25, 0.3) is 11.3 Å². The Morgan fingerprint density at radius 1 is 1.21 bits per heavy atom. The van der Waals surface area contributed by atoms with Crippen LogP contribution < -0.4 is 9.80 Å². The Hall–Kier alpha value is -3.19. The number of aromatic nitrogens is 3. The van der Waals surface area contributed by atoms with Gasteiger partial charge >= 0.3 is 0 Å². The molecule has 0 radical (unpaired) electrons. The molecule has 0 saturated carbocycles. The van der Waals surface area contributed by atoms with E-state index in [1.54, 1.807) is 19.2 Å². The van der Waals surface area contributed by atoms with E-state index < -0.39 is 0 Å². The SMILES string of the molecule is COCCN(C)c1nc(-c2cccc(O)c2)c2c(n1)N(c1ccnc(C)c1)CC2. The van der Waals surface area contributed by atoms with Crippen molar-refractivity contribution in [3.8, 4) is 17.0 Å². The molecule has 150 valence electrons. The van der Waals surface area contributed by atoms with Gasteiger partial charge in [-0.2, -0.15) is 4.98 Å². The van der Waals surface area contributed by atoms with E-state index in [2.05, 4.69) is 16.0 Å². The number of phenols is 1. The minimum absolute atomic E-state index is 0.226. The van der Waals surface area contributed by atoms with Crippen molar-refractivity contribution in [3.63, 3.8) is 0 Å². The number of hydrogen-bond donors (Lipinski definition) is 1. The summed E-state index contributed by atoms with van der Waals surface area (Å²) in [6.45, 7) is 4.09. The second-order valence-corrected chi connectivity index (χ2v) is 7.20. The molecule has 4 rings (SSSR count). The lowest BCUT2D eigenvalue weighted by Crippen LogP contribution is -2.25. The number of ether oxygens (including phenoxy) is 1. The number of rotatable bonds is 6. The molecule has 7 nitrogen and oxygen atoms in total. The molecule has 0 spiro atoms. The fourth-order valence-electron chi connectivity index (χ4n) is 3.58. The van der Waals surface area contributed by atoms with Crippen LogP contribution in [0.15, 0.2) is 42.6 Å². The number of aryl methyl sites for hydroxylation is 1. The van der Waals surface area contributed by atoms with Crippen LogP contribution >= 0.6 is 0 Å². The van der Waals surface area contributed by atoms with E-state index in [0.29, 0.717) is 19.1 Å². The van der Waals surface area contributed by atoms with E-state index in [1.165, 1.54) is 0 Å². The second kappa shape index (κ2) is 8.05. The molecule has 29 heavy (non-hydrogen) atoms. The monoisotopic (exact) mass is 391 g/mol. The highest BCUT2D eigenvalue weighted by molar-refractivity contribution is 5.77.